The van der Waals surface area contributed by atoms with Crippen molar-refractivity contribution in [2.45, 2.75) is 26.1 Å². The van der Waals surface area contributed by atoms with Crippen LogP contribution in [-0.4, -0.2) is 39.1 Å². The number of aromatic amines is 1. The summed E-state index contributed by atoms with van der Waals surface area (Å²) in [6.07, 6.45) is 3.22. The van der Waals surface area contributed by atoms with Crippen molar-refractivity contribution in [3.05, 3.63) is 59.4 Å². The van der Waals surface area contributed by atoms with Gasteiger partial charge in [-0.25, -0.2) is 9.37 Å². The topological polar surface area (TPSA) is 111 Å². The maximum atomic E-state index is 14.8. The Morgan fingerprint density at radius 2 is 2.03 bits per heavy atom. The maximum absolute atomic E-state index is 14.8. The Bertz CT molecular complexity index is 1190. The van der Waals surface area contributed by atoms with Gasteiger partial charge in [-0.1, -0.05) is 0 Å². The molecule has 162 valence electrons. The van der Waals surface area contributed by atoms with Gasteiger partial charge in [-0.15, -0.1) is 0 Å². The molecule has 2 heterocycles. The molecule has 0 aliphatic rings. The van der Waals surface area contributed by atoms with E-state index in [0.717, 1.165) is 5.52 Å². The minimum Gasteiger partial charge on any atom is -0.493 e. The number of hydrogen-bond acceptors (Lipinski definition) is 6. The second kappa shape index (κ2) is 8.37. The highest BCUT2D eigenvalue weighted by atomic mass is 19.1. The van der Waals surface area contributed by atoms with E-state index in [0.29, 0.717) is 51.6 Å². The monoisotopic (exact) mass is 425 g/mol. The number of nitrogens with one attached hydrogen (secondary N) is 1. The van der Waals surface area contributed by atoms with Gasteiger partial charge in [0.1, 0.15) is 11.6 Å². The molecule has 4 N–H and O–H groups in total. The Morgan fingerprint density at radius 1 is 1.23 bits per heavy atom. The van der Waals surface area contributed by atoms with Crippen LogP contribution in [0.5, 0.6) is 11.5 Å². The van der Waals surface area contributed by atoms with Gasteiger partial charge in [-0.3, -0.25) is 5.10 Å². The summed E-state index contributed by atoms with van der Waals surface area (Å²) in [5.74, 6) is 1.12. The molecule has 2 aromatic heterocycles. The van der Waals surface area contributed by atoms with E-state index in [4.69, 9.17) is 15.2 Å². The average molecular weight is 425 g/mol. The number of ether oxygens (including phenoxy) is 2. The molecule has 1 unspecified atom stereocenters. The van der Waals surface area contributed by atoms with E-state index in [9.17, 15) is 9.50 Å². The Labute approximate surface area is 178 Å². The SMILES string of the molecule is CCn1c(C(N)c2cc(CO)c(OC)c(OC)c2)nc2cc(F)c(-c3cn[nH]c3)cc21. The number of H-pyrrole nitrogens is 1. The molecule has 0 saturated carbocycles. The number of hydrogen-bond donors (Lipinski definition) is 3. The van der Waals surface area contributed by atoms with Gasteiger partial charge in [0.2, 0.25) is 0 Å². The van der Waals surface area contributed by atoms with Crippen molar-refractivity contribution >= 4 is 11.0 Å². The van der Waals surface area contributed by atoms with E-state index >= 15 is 0 Å². The third kappa shape index (κ3) is 3.51. The van der Waals surface area contributed by atoms with Crippen LogP contribution in [0, 0.1) is 5.82 Å². The molecule has 4 rings (SSSR count). The molecule has 4 aromatic rings. The van der Waals surface area contributed by atoms with Crippen LogP contribution in [0.3, 0.4) is 0 Å². The van der Waals surface area contributed by atoms with Crippen molar-refractivity contribution < 1.29 is 19.0 Å². The zero-order valence-corrected chi connectivity index (χ0v) is 17.5. The van der Waals surface area contributed by atoms with Crippen molar-refractivity contribution in [2.75, 3.05) is 14.2 Å². The summed E-state index contributed by atoms with van der Waals surface area (Å²) in [5, 5.41) is 16.4. The minimum atomic E-state index is -0.627. The summed E-state index contributed by atoms with van der Waals surface area (Å²) in [5.41, 5.74) is 10.2. The predicted molar refractivity (Wildman–Crippen MR) is 114 cm³/mol. The molecule has 0 radical (unpaired) electrons. The first-order valence-electron chi connectivity index (χ1n) is 9.82. The van der Waals surface area contributed by atoms with Crippen LogP contribution in [0.4, 0.5) is 4.39 Å². The number of aliphatic hydroxyl groups is 1. The first-order chi connectivity index (χ1) is 15.0. The number of nitrogens with two attached hydrogens (primary N) is 1. The van der Waals surface area contributed by atoms with Crippen molar-refractivity contribution in [1.29, 1.82) is 0 Å². The van der Waals surface area contributed by atoms with E-state index in [-0.39, 0.29) is 12.4 Å². The van der Waals surface area contributed by atoms with E-state index < -0.39 is 6.04 Å². The molecule has 1 atom stereocenters. The largest absolute Gasteiger partial charge is 0.493 e. The lowest BCUT2D eigenvalue weighted by Gasteiger charge is -2.18. The maximum Gasteiger partial charge on any atom is 0.166 e. The number of nitrogens with zero attached hydrogens (tertiary/aromatic N) is 3. The van der Waals surface area contributed by atoms with E-state index in [1.54, 1.807) is 30.6 Å². The lowest BCUT2D eigenvalue weighted by Crippen LogP contribution is -2.18. The van der Waals surface area contributed by atoms with Crippen LogP contribution in [0.25, 0.3) is 22.2 Å². The van der Waals surface area contributed by atoms with Gasteiger partial charge >= 0.3 is 0 Å². The normalized spacial score (nSPS) is 12.3. The summed E-state index contributed by atoms with van der Waals surface area (Å²) in [6, 6.07) is 6.07. The molecular formula is C22H24FN5O3. The lowest BCUT2D eigenvalue weighted by atomic mass is 10.0. The molecule has 0 spiro atoms. The second-order valence-electron chi connectivity index (χ2n) is 7.07. The summed E-state index contributed by atoms with van der Waals surface area (Å²) < 4.78 is 27.5. The van der Waals surface area contributed by atoms with Crippen molar-refractivity contribution in [2.24, 2.45) is 5.73 Å². The van der Waals surface area contributed by atoms with E-state index in [1.807, 2.05) is 11.5 Å². The van der Waals surface area contributed by atoms with Crippen molar-refractivity contribution in [3.8, 4) is 22.6 Å². The second-order valence-corrected chi connectivity index (χ2v) is 7.07. The lowest BCUT2D eigenvalue weighted by molar-refractivity contribution is 0.269. The molecule has 8 nitrogen and oxygen atoms in total. The van der Waals surface area contributed by atoms with Gasteiger partial charge in [-0.05, 0) is 30.7 Å². The van der Waals surface area contributed by atoms with Gasteiger partial charge < -0.3 is 24.9 Å². The third-order valence-corrected chi connectivity index (χ3v) is 5.38. The average Bonchev–Trinajstić information content (AvgIpc) is 3.44. The van der Waals surface area contributed by atoms with Crippen LogP contribution >= 0.6 is 0 Å². The number of rotatable bonds is 7. The highest BCUT2D eigenvalue weighted by Crippen LogP contribution is 2.36. The standard InChI is InChI=1S/C22H24FN5O3/c1-4-28-18-7-15(14-9-25-26-10-14)16(23)8-17(18)27-22(28)20(24)12-5-13(11-29)21(31-3)19(6-12)30-2/h5-10,20,29H,4,11,24H2,1-3H3,(H,25,26). The van der Waals surface area contributed by atoms with E-state index in [2.05, 4.69) is 15.2 Å². The number of benzene rings is 2. The summed E-state index contributed by atoms with van der Waals surface area (Å²) >= 11 is 0. The van der Waals surface area contributed by atoms with Crippen molar-refractivity contribution in [3.63, 3.8) is 0 Å². The molecule has 2 aromatic carbocycles. The zero-order chi connectivity index (χ0) is 22.1. The number of aliphatic hydroxyl groups excluding tert-OH is 1. The third-order valence-electron chi connectivity index (χ3n) is 5.38. The van der Waals surface area contributed by atoms with Crippen LogP contribution in [0.1, 0.15) is 29.9 Å². The first-order valence-corrected chi connectivity index (χ1v) is 9.82. The zero-order valence-electron chi connectivity index (χ0n) is 17.5. The first kappa shape index (κ1) is 20.8. The molecule has 0 bridgehead atoms. The smallest absolute Gasteiger partial charge is 0.166 e. The van der Waals surface area contributed by atoms with Crippen LogP contribution in [0.15, 0.2) is 36.7 Å². The quantitative estimate of drug-likeness (QED) is 0.419. The molecule has 0 fully saturated rings. The molecule has 0 amide bonds. The highest BCUT2D eigenvalue weighted by molar-refractivity contribution is 5.83. The van der Waals surface area contributed by atoms with Crippen LogP contribution in [0.2, 0.25) is 0 Å². The molecule has 0 aliphatic carbocycles. The van der Waals surface area contributed by atoms with Gasteiger partial charge in [-0.2, -0.15) is 5.10 Å². The minimum absolute atomic E-state index is 0.233. The van der Waals surface area contributed by atoms with Crippen LogP contribution < -0.4 is 15.2 Å². The Kier molecular flexibility index (Phi) is 5.62. The fraction of sp³-hybridized carbons (Fsp3) is 0.273. The van der Waals surface area contributed by atoms with Gasteiger partial charge in [0.25, 0.3) is 0 Å². The molecule has 9 heteroatoms. The van der Waals surface area contributed by atoms with Crippen LogP contribution in [-0.2, 0) is 13.2 Å². The fourth-order valence-electron chi connectivity index (χ4n) is 3.87. The number of imidazole rings is 1. The highest BCUT2D eigenvalue weighted by Gasteiger charge is 2.23. The molecule has 31 heavy (non-hydrogen) atoms. The summed E-state index contributed by atoms with van der Waals surface area (Å²) in [7, 11) is 3.04. The number of halogens is 1. The van der Waals surface area contributed by atoms with Gasteiger partial charge in [0, 0.05) is 35.5 Å². The molecular weight excluding hydrogens is 401 g/mol. The number of fused-ring (bicyclic) bond motifs is 1. The number of aromatic nitrogens is 4. The number of methoxy groups -OCH3 is 2. The Balaban J connectivity index is 1.86. The van der Waals surface area contributed by atoms with E-state index in [1.165, 1.54) is 20.3 Å². The van der Waals surface area contributed by atoms with Gasteiger partial charge in [0.15, 0.2) is 11.5 Å². The number of aryl methyl sites for hydroxylation is 1. The predicted octanol–water partition coefficient (Wildman–Crippen LogP) is 3.14. The molecule has 0 aliphatic heterocycles. The fourth-order valence-corrected chi connectivity index (χ4v) is 3.87. The van der Waals surface area contributed by atoms with Gasteiger partial charge in [0.05, 0.1) is 44.1 Å². The molecule has 0 saturated heterocycles. The summed E-state index contributed by atoms with van der Waals surface area (Å²) in [4.78, 5) is 4.64. The summed E-state index contributed by atoms with van der Waals surface area (Å²) in [6.45, 7) is 2.34. The Hall–Kier alpha value is -3.43. The van der Waals surface area contributed by atoms with Crippen molar-refractivity contribution in [1.82, 2.24) is 19.7 Å². The Morgan fingerprint density at radius 3 is 2.65 bits per heavy atom.